The van der Waals surface area contributed by atoms with Crippen LogP contribution in [0, 0.1) is 10.1 Å². The van der Waals surface area contributed by atoms with E-state index < -0.39 is 16.6 Å². The minimum Gasteiger partial charge on any atom is -0.477 e. The van der Waals surface area contributed by atoms with Gasteiger partial charge in [-0.05, 0) is 12.1 Å². The Morgan fingerprint density at radius 3 is 2.80 bits per heavy atom. The third-order valence-corrected chi connectivity index (χ3v) is 3.20. The smallest absolute Gasteiger partial charge is 0.342 e. The van der Waals surface area contributed by atoms with Crippen LogP contribution in [0.2, 0.25) is 0 Å². The van der Waals surface area contributed by atoms with E-state index in [9.17, 15) is 19.7 Å². The van der Waals surface area contributed by atoms with E-state index in [-0.39, 0.29) is 17.0 Å². The Balaban J connectivity index is 2.20. The molecule has 20 heavy (non-hydrogen) atoms. The van der Waals surface area contributed by atoms with Gasteiger partial charge in [-0.2, -0.15) is 0 Å². The first-order chi connectivity index (χ1) is 9.47. The van der Waals surface area contributed by atoms with Crippen molar-refractivity contribution in [3.63, 3.8) is 0 Å². The number of rotatable bonds is 5. The summed E-state index contributed by atoms with van der Waals surface area (Å²) in [6, 6.07) is 3.72. The quantitative estimate of drug-likeness (QED) is 0.569. The average Bonchev–Trinajstić information content (AvgIpc) is 2.81. The van der Waals surface area contributed by atoms with Crippen molar-refractivity contribution in [3.8, 4) is 0 Å². The van der Waals surface area contributed by atoms with Crippen molar-refractivity contribution in [2.24, 2.45) is 0 Å². The van der Waals surface area contributed by atoms with Crippen molar-refractivity contribution in [2.75, 3.05) is 5.32 Å². The summed E-state index contributed by atoms with van der Waals surface area (Å²) >= 11 is 1.02. The third kappa shape index (κ3) is 3.01. The molecule has 2 rings (SSSR count). The molecule has 9 heteroatoms. The predicted octanol–water partition coefficient (Wildman–Crippen LogP) is 1.65. The van der Waals surface area contributed by atoms with Crippen LogP contribution in [0.25, 0.3) is 0 Å². The zero-order chi connectivity index (χ0) is 14.7. The fraction of sp³-hybridized carbons (Fsp3) is 0.0909. The van der Waals surface area contributed by atoms with Crippen molar-refractivity contribution in [3.05, 3.63) is 54.6 Å². The maximum absolute atomic E-state index is 11.0. The lowest BCUT2D eigenvalue weighted by molar-refractivity contribution is -0.385. The zero-order valence-electron chi connectivity index (χ0n) is 9.95. The summed E-state index contributed by atoms with van der Waals surface area (Å²) in [5.74, 6) is -1.37. The van der Waals surface area contributed by atoms with Crippen LogP contribution in [-0.4, -0.2) is 21.0 Å². The van der Waals surface area contributed by atoms with Gasteiger partial charge in [0.2, 0.25) is 0 Å². The van der Waals surface area contributed by atoms with Crippen molar-refractivity contribution in [1.29, 1.82) is 0 Å². The number of nitro benzene ring substituents is 1. The number of aromatic nitrogens is 1. The monoisotopic (exact) mass is 295 g/mol. The molecule has 104 valence electrons. The Bertz CT molecular complexity index is 721. The number of anilines is 1. The van der Waals surface area contributed by atoms with Gasteiger partial charge in [0.05, 0.1) is 11.5 Å². The maximum atomic E-state index is 11.0. The zero-order valence-corrected chi connectivity index (χ0v) is 10.8. The Hall–Kier alpha value is -2.68. The lowest BCUT2D eigenvalue weighted by Gasteiger charge is -2.06. The van der Waals surface area contributed by atoms with E-state index in [0.29, 0.717) is 11.4 Å². The molecule has 0 amide bonds. The summed E-state index contributed by atoms with van der Waals surface area (Å²) in [5.41, 5.74) is 0.209. The molecule has 0 unspecified atom stereocenters. The number of hydrogen-bond acceptors (Lipinski definition) is 6. The number of carboxylic acids is 1. The molecule has 0 bridgehead atoms. The molecule has 0 saturated carbocycles. The van der Waals surface area contributed by atoms with Gasteiger partial charge < -0.3 is 15.4 Å². The number of hydrogen-bond donors (Lipinski definition) is 3. The fourth-order valence-electron chi connectivity index (χ4n) is 1.57. The van der Waals surface area contributed by atoms with Gasteiger partial charge in [-0.3, -0.25) is 14.9 Å². The van der Waals surface area contributed by atoms with Crippen LogP contribution in [0.15, 0.2) is 28.4 Å². The highest BCUT2D eigenvalue weighted by Gasteiger charge is 2.19. The van der Waals surface area contributed by atoms with E-state index in [0.717, 1.165) is 17.4 Å². The van der Waals surface area contributed by atoms with Gasteiger partial charge in [0.15, 0.2) is 0 Å². The molecule has 0 atom stereocenters. The summed E-state index contributed by atoms with van der Waals surface area (Å²) in [4.78, 5) is 34.3. The lowest BCUT2D eigenvalue weighted by Crippen LogP contribution is -2.06. The molecule has 0 fully saturated rings. The molecule has 0 radical (unpaired) electrons. The molecule has 1 aromatic heterocycles. The number of nitro groups is 1. The molecule has 0 spiro atoms. The second-order valence-electron chi connectivity index (χ2n) is 3.82. The van der Waals surface area contributed by atoms with Gasteiger partial charge in [-0.25, -0.2) is 4.79 Å². The molecule has 1 aromatic carbocycles. The number of nitrogens with zero attached hydrogens (tertiary/aromatic N) is 1. The van der Waals surface area contributed by atoms with E-state index in [1.165, 1.54) is 12.1 Å². The van der Waals surface area contributed by atoms with Gasteiger partial charge in [0.1, 0.15) is 5.56 Å². The van der Waals surface area contributed by atoms with Gasteiger partial charge >= 0.3 is 10.8 Å². The minimum absolute atomic E-state index is 0.184. The molecule has 2 aromatic rings. The third-order valence-electron chi connectivity index (χ3n) is 2.48. The Kier molecular flexibility index (Phi) is 3.80. The first-order valence-electron chi connectivity index (χ1n) is 5.39. The van der Waals surface area contributed by atoms with Crippen LogP contribution < -0.4 is 10.2 Å². The van der Waals surface area contributed by atoms with Crippen LogP contribution in [0.4, 0.5) is 11.4 Å². The second kappa shape index (κ2) is 5.53. The van der Waals surface area contributed by atoms with Crippen LogP contribution in [-0.2, 0) is 6.54 Å². The largest absolute Gasteiger partial charge is 0.477 e. The first-order valence-corrected chi connectivity index (χ1v) is 6.27. The normalized spacial score (nSPS) is 10.2. The average molecular weight is 295 g/mol. The first kappa shape index (κ1) is 13.7. The van der Waals surface area contributed by atoms with Gasteiger partial charge in [0.25, 0.3) is 5.69 Å². The van der Waals surface area contributed by atoms with Crippen molar-refractivity contribution in [1.82, 2.24) is 4.98 Å². The van der Waals surface area contributed by atoms with Crippen LogP contribution >= 0.6 is 11.3 Å². The van der Waals surface area contributed by atoms with E-state index in [2.05, 4.69) is 10.3 Å². The van der Waals surface area contributed by atoms with Gasteiger partial charge in [-0.1, -0.05) is 11.3 Å². The van der Waals surface area contributed by atoms with Gasteiger partial charge in [-0.15, -0.1) is 0 Å². The summed E-state index contributed by atoms with van der Waals surface area (Å²) in [7, 11) is 0. The SMILES string of the molecule is O=C(O)c1cc(NCc2csc(=O)[nH]2)ccc1[N+](=O)[O-]. The molecule has 0 aliphatic carbocycles. The van der Waals surface area contributed by atoms with Crippen molar-refractivity contribution >= 4 is 28.7 Å². The van der Waals surface area contributed by atoms with Crippen LogP contribution in [0.1, 0.15) is 16.1 Å². The van der Waals surface area contributed by atoms with E-state index in [4.69, 9.17) is 5.11 Å². The molecule has 3 N–H and O–H groups in total. The van der Waals surface area contributed by atoms with Crippen molar-refractivity contribution < 1.29 is 14.8 Å². The molecular formula is C11H9N3O5S. The number of aromatic amines is 1. The van der Waals surface area contributed by atoms with E-state index in [1.807, 2.05) is 0 Å². The molecule has 1 heterocycles. The highest BCUT2D eigenvalue weighted by molar-refractivity contribution is 7.07. The maximum Gasteiger partial charge on any atom is 0.342 e. The van der Waals surface area contributed by atoms with E-state index >= 15 is 0 Å². The molecular weight excluding hydrogens is 286 g/mol. The highest BCUT2D eigenvalue weighted by Crippen LogP contribution is 2.23. The van der Waals surface area contributed by atoms with E-state index in [1.54, 1.807) is 5.38 Å². The predicted molar refractivity (Wildman–Crippen MR) is 72.3 cm³/mol. The fourth-order valence-corrected chi connectivity index (χ4v) is 2.16. The standard InChI is InChI=1S/C11H9N3O5S/c15-10(16)8-3-6(1-2-9(8)14(18)19)12-4-7-5-20-11(17)13-7/h1-3,5,12H,4H2,(H,13,17)(H,15,16). The Morgan fingerprint density at radius 2 is 2.25 bits per heavy atom. The minimum atomic E-state index is -1.37. The summed E-state index contributed by atoms with van der Waals surface area (Å²) in [6.07, 6.45) is 0. The number of nitrogens with one attached hydrogen (secondary N) is 2. The van der Waals surface area contributed by atoms with Gasteiger partial charge in [0, 0.05) is 22.8 Å². The van der Waals surface area contributed by atoms with Crippen molar-refractivity contribution in [2.45, 2.75) is 6.54 Å². The number of H-pyrrole nitrogens is 1. The molecule has 8 nitrogen and oxygen atoms in total. The molecule has 0 aliphatic rings. The summed E-state index contributed by atoms with van der Waals surface area (Å²) < 4.78 is 0. The summed E-state index contributed by atoms with van der Waals surface area (Å²) in [6.45, 7) is 0.287. The number of aromatic carboxylic acids is 1. The highest BCUT2D eigenvalue weighted by atomic mass is 32.1. The number of carboxylic acid groups (broad SMARTS) is 1. The Morgan fingerprint density at radius 1 is 1.50 bits per heavy atom. The summed E-state index contributed by atoms with van der Waals surface area (Å²) in [5, 5.41) is 24.2. The molecule has 0 saturated heterocycles. The molecule has 0 aliphatic heterocycles. The second-order valence-corrected chi connectivity index (χ2v) is 4.66. The van der Waals surface area contributed by atoms with Crippen LogP contribution in [0.3, 0.4) is 0 Å². The number of carbonyl (C=O) groups is 1. The number of benzene rings is 1. The van der Waals surface area contributed by atoms with Crippen LogP contribution in [0.5, 0.6) is 0 Å². The topological polar surface area (TPSA) is 125 Å². The lowest BCUT2D eigenvalue weighted by atomic mass is 10.1. The Labute approximate surface area is 115 Å². The number of thiazole rings is 1.